The molecule has 84 valence electrons. The van der Waals surface area contributed by atoms with E-state index >= 15 is 0 Å². The van der Waals surface area contributed by atoms with Gasteiger partial charge in [-0.3, -0.25) is 0 Å². The summed E-state index contributed by atoms with van der Waals surface area (Å²) in [5.41, 5.74) is 0. The average molecular weight is 216 g/mol. The summed E-state index contributed by atoms with van der Waals surface area (Å²) in [6, 6.07) is 0. The van der Waals surface area contributed by atoms with E-state index in [-0.39, 0.29) is 13.2 Å². The van der Waals surface area contributed by atoms with Gasteiger partial charge in [-0.05, 0) is 0 Å². The third-order valence-electron chi connectivity index (χ3n) is 1.28. The molecule has 0 aromatic carbocycles. The van der Waals surface area contributed by atoms with Gasteiger partial charge >= 0.3 is 34.9 Å². The molecule has 0 aliphatic heterocycles. The van der Waals surface area contributed by atoms with Crippen LogP contribution in [0.4, 0.5) is 0 Å². The Bertz CT molecular complexity index is 49.2. The Labute approximate surface area is 98.2 Å². The predicted octanol–water partition coefficient (Wildman–Crippen LogP) is 1.28. The van der Waals surface area contributed by atoms with E-state index < -0.39 is 0 Å². The molecule has 0 atom stereocenters. The first-order chi connectivity index (χ1) is 6.74. The van der Waals surface area contributed by atoms with Gasteiger partial charge in [-0.1, -0.05) is 39.5 Å². The molecule has 0 heterocycles. The van der Waals surface area contributed by atoms with Crippen molar-refractivity contribution in [3.63, 3.8) is 0 Å². The third-order valence-corrected chi connectivity index (χ3v) is 1.86. The maximum absolute atomic E-state index is 9.53. The summed E-state index contributed by atoms with van der Waals surface area (Å²) in [5.74, 6) is 0. The number of hydrogen-bond acceptors (Lipinski definition) is 2. The van der Waals surface area contributed by atoms with Gasteiger partial charge in [0.2, 0.25) is 0 Å². The number of hydrogen-bond donors (Lipinski definition) is 0. The molecule has 3 heteroatoms. The van der Waals surface area contributed by atoms with E-state index in [9.17, 15) is 10.2 Å². The molecule has 2 nitrogen and oxygen atoms in total. The van der Waals surface area contributed by atoms with Crippen LogP contribution in [0.3, 0.4) is 0 Å². The van der Waals surface area contributed by atoms with Crippen LogP contribution in [0.1, 0.15) is 52.9 Å². The molecule has 0 saturated heterocycles. The standard InChI is InChI=1S/2C4H9O.C3H7.Al/c2*1-2-3-4-5;1-3-2;/h2*2-4H2,1H3;1,3H2,2H3;/q2*-1;;+2. The second-order valence-electron chi connectivity index (χ2n) is 2.90. The molecule has 0 aliphatic rings. The SMILES string of the molecule is CCCC[O-].CCCC[O-].CC[CH2][Al+2]. The van der Waals surface area contributed by atoms with Crippen LogP contribution < -0.4 is 10.2 Å². The van der Waals surface area contributed by atoms with Crippen molar-refractivity contribution in [3.05, 3.63) is 0 Å². The Balaban J connectivity index is -0.000000131. The molecule has 0 amide bonds. The predicted molar refractivity (Wildman–Crippen MR) is 60.4 cm³/mol. The van der Waals surface area contributed by atoms with Crippen LogP contribution in [0.25, 0.3) is 0 Å². The van der Waals surface area contributed by atoms with Gasteiger partial charge in [-0.2, -0.15) is 0 Å². The van der Waals surface area contributed by atoms with Gasteiger partial charge in [0.15, 0.2) is 0 Å². The summed E-state index contributed by atoms with van der Waals surface area (Å²) in [6.07, 6.45) is 5.01. The van der Waals surface area contributed by atoms with Crippen LogP contribution in [-0.2, 0) is 0 Å². The van der Waals surface area contributed by atoms with Crippen LogP contribution in [0.2, 0.25) is 5.28 Å². The Kier molecular flexibility index (Phi) is 41.6. The van der Waals surface area contributed by atoms with Crippen molar-refractivity contribution in [1.29, 1.82) is 0 Å². The monoisotopic (exact) mass is 216 g/mol. The molecule has 0 aliphatic carbocycles. The molecule has 0 radical (unpaired) electrons. The fraction of sp³-hybridized carbons (Fsp3) is 1.00. The fourth-order valence-corrected chi connectivity index (χ4v) is 0.289. The molecular formula is C11H25AlO2. The number of rotatable bonds is 5. The molecule has 0 N–H and O–H groups in total. The third kappa shape index (κ3) is 54.9. The first-order valence-electron chi connectivity index (χ1n) is 5.61. The zero-order valence-corrected chi connectivity index (χ0v) is 11.2. The molecule has 0 rings (SSSR count). The second kappa shape index (κ2) is 29.2. The van der Waals surface area contributed by atoms with Crippen LogP contribution >= 0.6 is 0 Å². The van der Waals surface area contributed by atoms with Crippen LogP contribution in [-0.4, -0.2) is 29.5 Å². The van der Waals surface area contributed by atoms with E-state index in [0.29, 0.717) is 0 Å². The Morgan fingerprint density at radius 3 is 1.07 bits per heavy atom. The number of unbranched alkanes of at least 4 members (excludes halogenated alkanes) is 2. The van der Waals surface area contributed by atoms with E-state index in [1.165, 1.54) is 11.7 Å². The van der Waals surface area contributed by atoms with Gasteiger partial charge in [0.25, 0.3) is 0 Å². The Morgan fingerprint density at radius 1 is 0.786 bits per heavy atom. The van der Waals surface area contributed by atoms with Crippen molar-refractivity contribution in [1.82, 2.24) is 0 Å². The quantitative estimate of drug-likeness (QED) is 0.650. The molecule has 0 unspecified atom stereocenters. The summed E-state index contributed by atoms with van der Waals surface area (Å²) < 4.78 is 0. The molecule has 0 spiro atoms. The van der Waals surface area contributed by atoms with Crippen LogP contribution in [0.5, 0.6) is 0 Å². The van der Waals surface area contributed by atoms with Gasteiger partial charge in [-0.15, -0.1) is 13.2 Å². The second-order valence-corrected chi connectivity index (χ2v) is 3.48. The van der Waals surface area contributed by atoms with Crippen molar-refractivity contribution >= 4 is 16.3 Å². The van der Waals surface area contributed by atoms with Crippen molar-refractivity contribution in [2.45, 2.75) is 58.2 Å². The topological polar surface area (TPSA) is 46.1 Å². The molecule has 0 saturated carbocycles. The van der Waals surface area contributed by atoms with Crippen LogP contribution in [0, 0.1) is 0 Å². The summed E-state index contributed by atoms with van der Waals surface area (Å²) in [7, 11) is 0. The molecule has 0 aromatic rings. The zero-order valence-electron chi connectivity index (χ0n) is 10.1. The maximum atomic E-state index is 9.53. The summed E-state index contributed by atoms with van der Waals surface area (Å²) >= 11 is 2.66. The van der Waals surface area contributed by atoms with Crippen molar-refractivity contribution in [3.8, 4) is 0 Å². The fourth-order valence-electron chi connectivity index (χ4n) is 0.289. The minimum atomic E-state index is 0.0938. The van der Waals surface area contributed by atoms with E-state index in [4.69, 9.17) is 0 Å². The molecule has 14 heavy (non-hydrogen) atoms. The Morgan fingerprint density at radius 2 is 1.07 bits per heavy atom. The summed E-state index contributed by atoms with van der Waals surface area (Å²) in [6.45, 7) is 6.37. The van der Waals surface area contributed by atoms with Gasteiger partial charge in [0.1, 0.15) is 0 Å². The van der Waals surface area contributed by atoms with Gasteiger partial charge < -0.3 is 10.2 Å². The van der Waals surface area contributed by atoms with Gasteiger partial charge in [0, 0.05) is 0 Å². The molecule has 0 fully saturated rings. The normalized spacial score (nSPS) is 8.21. The van der Waals surface area contributed by atoms with Gasteiger partial charge in [-0.25, -0.2) is 0 Å². The van der Waals surface area contributed by atoms with Crippen molar-refractivity contribution in [2.75, 3.05) is 13.2 Å². The summed E-state index contributed by atoms with van der Waals surface area (Å²) in [5, 5.41) is 20.3. The molecular weight excluding hydrogens is 191 g/mol. The van der Waals surface area contributed by atoms with Crippen molar-refractivity contribution < 1.29 is 10.2 Å². The molecule has 0 aromatic heterocycles. The van der Waals surface area contributed by atoms with E-state index in [0.717, 1.165) is 25.7 Å². The zero-order chi connectivity index (χ0) is 11.7. The average Bonchev–Trinajstić information content (AvgIpc) is 2.22. The first kappa shape index (κ1) is 19.9. The first-order valence-corrected chi connectivity index (χ1v) is 6.42. The van der Waals surface area contributed by atoms with E-state index in [1.807, 2.05) is 13.8 Å². The molecule has 0 bridgehead atoms. The Hall–Kier alpha value is 0.452. The van der Waals surface area contributed by atoms with E-state index in [1.54, 1.807) is 0 Å². The van der Waals surface area contributed by atoms with Gasteiger partial charge in [0.05, 0.1) is 0 Å². The summed E-state index contributed by atoms with van der Waals surface area (Å²) in [4.78, 5) is 0. The van der Waals surface area contributed by atoms with Crippen LogP contribution in [0.15, 0.2) is 0 Å². The van der Waals surface area contributed by atoms with E-state index in [2.05, 4.69) is 23.2 Å². The minimum absolute atomic E-state index is 0.0938. The van der Waals surface area contributed by atoms with Crippen molar-refractivity contribution in [2.24, 2.45) is 0 Å².